The summed E-state index contributed by atoms with van der Waals surface area (Å²) in [6.07, 6.45) is 3.13. The van der Waals surface area contributed by atoms with Crippen molar-refractivity contribution in [1.82, 2.24) is 9.29 Å². The fourth-order valence-corrected chi connectivity index (χ4v) is 5.41. The third kappa shape index (κ3) is 3.61. The highest BCUT2D eigenvalue weighted by Crippen LogP contribution is 2.30. The van der Waals surface area contributed by atoms with Crippen molar-refractivity contribution < 1.29 is 13.2 Å². The predicted octanol–water partition coefficient (Wildman–Crippen LogP) is 2.91. The molecule has 0 saturated carbocycles. The van der Waals surface area contributed by atoms with Crippen molar-refractivity contribution in [2.24, 2.45) is 0 Å². The van der Waals surface area contributed by atoms with Gasteiger partial charge in [-0.1, -0.05) is 13.8 Å². The van der Waals surface area contributed by atoms with E-state index in [9.17, 15) is 13.2 Å². The summed E-state index contributed by atoms with van der Waals surface area (Å²) in [6.45, 7) is 4.42. The summed E-state index contributed by atoms with van der Waals surface area (Å²) < 4.78 is 26.3. The smallest absolute Gasteiger partial charge is 0.257 e. The first-order valence-electron chi connectivity index (χ1n) is 8.35. The first-order chi connectivity index (χ1) is 12.0. The molecule has 1 aliphatic rings. The molecule has 0 radical (unpaired) electrons. The van der Waals surface area contributed by atoms with Gasteiger partial charge in [-0.3, -0.25) is 10.1 Å². The minimum Gasteiger partial charge on any atom is -0.298 e. The summed E-state index contributed by atoms with van der Waals surface area (Å²) in [5, 5.41) is 3.41. The fraction of sp³-hybridized carbons (Fsp3) is 0.412. The number of carbonyl (C=O) groups excluding carboxylic acids is 1. The molecule has 25 heavy (non-hydrogen) atoms. The van der Waals surface area contributed by atoms with E-state index in [2.05, 4.69) is 10.3 Å². The van der Waals surface area contributed by atoms with E-state index in [0.717, 1.165) is 25.0 Å². The van der Waals surface area contributed by atoms with Gasteiger partial charge in [0, 0.05) is 23.5 Å². The molecule has 0 fully saturated rings. The van der Waals surface area contributed by atoms with Crippen LogP contribution in [-0.2, 0) is 22.9 Å². The van der Waals surface area contributed by atoms with E-state index in [4.69, 9.17) is 0 Å². The average Bonchev–Trinajstić information content (AvgIpc) is 3.17. The Morgan fingerprint density at radius 2 is 1.88 bits per heavy atom. The molecule has 0 spiro atoms. The van der Waals surface area contributed by atoms with Crippen LogP contribution in [0, 0.1) is 0 Å². The molecule has 134 valence electrons. The van der Waals surface area contributed by atoms with Crippen molar-refractivity contribution in [3.05, 3.63) is 40.4 Å². The van der Waals surface area contributed by atoms with Crippen LogP contribution in [0.2, 0.25) is 0 Å². The van der Waals surface area contributed by atoms with Crippen molar-refractivity contribution >= 4 is 32.4 Å². The van der Waals surface area contributed by atoms with E-state index in [1.54, 1.807) is 13.8 Å². The van der Waals surface area contributed by atoms with Gasteiger partial charge in [0.05, 0.1) is 10.6 Å². The number of fused-ring (bicyclic) bond motifs is 1. The van der Waals surface area contributed by atoms with Crippen LogP contribution in [0.25, 0.3) is 0 Å². The number of nitrogens with one attached hydrogen (secondary N) is 1. The second-order valence-corrected chi connectivity index (χ2v) is 8.83. The normalized spacial score (nSPS) is 13.9. The van der Waals surface area contributed by atoms with Crippen LogP contribution >= 0.6 is 11.3 Å². The molecule has 1 heterocycles. The van der Waals surface area contributed by atoms with Crippen molar-refractivity contribution in [2.75, 3.05) is 18.4 Å². The highest BCUT2D eigenvalue weighted by atomic mass is 32.2. The molecule has 2 aromatic rings. The monoisotopic (exact) mass is 379 g/mol. The van der Waals surface area contributed by atoms with Crippen LogP contribution in [0.15, 0.2) is 29.2 Å². The van der Waals surface area contributed by atoms with Crippen LogP contribution < -0.4 is 5.32 Å². The van der Waals surface area contributed by atoms with Gasteiger partial charge in [0.1, 0.15) is 0 Å². The van der Waals surface area contributed by atoms with Crippen LogP contribution in [0.5, 0.6) is 0 Å². The van der Waals surface area contributed by atoms with Gasteiger partial charge in [0.15, 0.2) is 5.13 Å². The number of hydrogen-bond acceptors (Lipinski definition) is 5. The maximum absolute atomic E-state index is 12.5. The Hall–Kier alpha value is -1.77. The van der Waals surface area contributed by atoms with E-state index in [1.165, 1.54) is 44.8 Å². The number of amides is 1. The van der Waals surface area contributed by atoms with Crippen LogP contribution in [0.3, 0.4) is 0 Å². The van der Waals surface area contributed by atoms with Gasteiger partial charge in [-0.15, -0.1) is 11.3 Å². The zero-order valence-electron chi connectivity index (χ0n) is 14.3. The third-order valence-electron chi connectivity index (χ3n) is 4.28. The Morgan fingerprint density at radius 3 is 2.48 bits per heavy atom. The highest BCUT2D eigenvalue weighted by Gasteiger charge is 2.22. The molecule has 1 N–H and O–H groups in total. The molecular formula is C17H21N3O3S2. The molecular weight excluding hydrogens is 358 g/mol. The standard InChI is InChI=1S/C17H21N3O3S2/c1-3-20(4-2)25(22,23)13-10-8-12(9-11-13)16(21)19-17-18-14-6-5-7-15(14)24-17/h8-11H,3-7H2,1-2H3,(H,18,19,21). The zero-order chi connectivity index (χ0) is 18.0. The first kappa shape index (κ1) is 18.0. The molecule has 1 aromatic carbocycles. The van der Waals surface area contributed by atoms with Crippen LogP contribution in [0.4, 0.5) is 5.13 Å². The minimum absolute atomic E-state index is 0.195. The van der Waals surface area contributed by atoms with E-state index in [-0.39, 0.29) is 10.8 Å². The van der Waals surface area contributed by atoms with E-state index in [0.29, 0.717) is 23.8 Å². The topological polar surface area (TPSA) is 79.4 Å². The van der Waals surface area contributed by atoms with Gasteiger partial charge in [-0.2, -0.15) is 4.31 Å². The lowest BCUT2D eigenvalue weighted by Gasteiger charge is -2.18. The fourth-order valence-electron chi connectivity index (χ4n) is 2.90. The number of nitrogens with zero attached hydrogens (tertiary/aromatic N) is 2. The quantitative estimate of drug-likeness (QED) is 0.837. The maximum atomic E-state index is 12.5. The lowest BCUT2D eigenvalue weighted by Crippen LogP contribution is -2.30. The number of rotatable bonds is 6. The summed E-state index contributed by atoms with van der Waals surface area (Å²) in [6, 6.07) is 6.02. The number of sulfonamides is 1. The Labute approximate surface area is 151 Å². The lowest BCUT2D eigenvalue weighted by atomic mass is 10.2. The molecule has 0 bridgehead atoms. The van der Waals surface area contributed by atoms with Crippen LogP contribution in [-0.4, -0.2) is 36.7 Å². The van der Waals surface area contributed by atoms with E-state index >= 15 is 0 Å². The molecule has 1 aromatic heterocycles. The lowest BCUT2D eigenvalue weighted by molar-refractivity contribution is 0.102. The summed E-state index contributed by atoms with van der Waals surface area (Å²) in [5.74, 6) is -0.279. The number of carbonyl (C=O) groups is 1. The Balaban J connectivity index is 1.74. The molecule has 1 aliphatic carbocycles. The molecule has 3 rings (SSSR count). The van der Waals surface area contributed by atoms with Crippen molar-refractivity contribution in [3.63, 3.8) is 0 Å². The van der Waals surface area contributed by atoms with Gasteiger partial charge in [0.2, 0.25) is 10.0 Å². The van der Waals surface area contributed by atoms with Gasteiger partial charge >= 0.3 is 0 Å². The van der Waals surface area contributed by atoms with Crippen molar-refractivity contribution in [1.29, 1.82) is 0 Å². The Morgan fingerprint density at radius 1 is 1.20 bits per heavy atom. The molecule has 1 amide bonds. The highest BCUT2D eigenvalue weighted by molar-refractivity contribution is 7.89. The second-order valence-electron chi connectivity index (χ2n) is 5.81. The number of benzene rings is 1. The number of hydrogen-bond donors (Lipinski definition) is 1. The first-order valence-corrected chi connectivity index (χ1v) is 10.6. The van der Waals surface area contributed by atoms with Gasteiger partial charge < -0.3 is 0 Å². The number of thiazole rings is 1. The van der Waals surface area contributed by atoms with Gasteiger partial charge in [0.25, 0.3) is 5.91 Å². The maximum Gasteiger partial charge on any atom is 0.257 e. The summed E-state index contributed by atoms with van der Waals surface area (Å²) in [5.41, 5.74) is 1.50. The number of anilines is 1. The average molecular weight is 380 g/mol. The minimum atomic E-state index is -3.51. The third-order valence-corrected chi connectivity index (χ3v) is 7.41. The molecule has 0 unspecified atom stereocenters. The number of aryl methyl sites for hydroxylation is 2. The number of aromatic nitrogens is 1. The zero-order valence-corrected chi connectivity index (χ0v) is 15.9. The Kier molecular flexibility index (Phi) is 5.21. The molecule has 0 atom stereocenters. The Bertz CT molecular complexity index is 848. The second kappa shape index (κ2) is 7.23. The largest absolute Gasteiger partial charge is 0.298 e. The molecule has 0 saturated heterocycles. The SMILES string of the molecule is CCN(CC)S(=O)(=O)c1ccc(C(=O)Nc2nc3c(s2)CCC3)cc1. The van der Waals surface area contributed by atoms with Crippen molar-refractivity contribution in [3.8, 4) is 0 Å². The summed E-state index contributed by atoms with van der Waals surface area (Å²) in [4.78, 5) is 18.2. The van der Waals surface area contributed by atoms with E-state index in [1.807, 2.05) is 0 Å². The van der Waals surface area contributed by atoms with Crippen LogP contribution in [0.1, 0.15) is 41.2 Å². The summed E-state index contributed by atoms with van der Waals surface area (Å²) in [7, 11) is -3.51. The van der Waals surface area contributed by atoms with Gasteiger partial charge in [-0.05, 0) is 43.5 Å². The summed E-state index contributed by atoms with van der Waals surface area (Å²) >= 11 is 1.52. The molecule has 6 nitrogen and oxygen atoms in total. The van der Waals surface area contributed by atoms with Crippen molar-refractivity contribution in [2.45, 2.75) is 38.0 Å². The van der Waals surface area contributed by atoms with E-state index < -0.39 is 10.0 Å². The predicted molar refractivity (Wildman–Crippen MR) is 98.6 cm³/mol. The van der Waals surface area contributed by atoms with Gasteiger partial charge in [-0.25, -0.2) is 13.4 Å². The molecule has 8 heteroatoms. The molecule has 0 aliphatic heterocycles.